The summed E-state index contributed by atoms with van der Waals surface area (Å²) in [5.74, 6) is -1.88. The van der Waals surface area contributed by atoms with Gasteiger partial charge in [0.1, 0.15) is 16.5 Å². The lowest BCUT2D eigenvalue weighted by molar-refractivity contribution is 0.382. The van der Waals surface area contributed by atoms with E-state index in [2.05, 4.69) is 32.0 Å². The van der Waals surface area contributed by atoms with E-state index in [-0.39, 0.29) is 13.1 Å². The second-order valence-electron chi connectivity index (χ2n) is 7.68. The molecule has 0 atom stereocenters. The predicted molar refractivity (Wildman–Crippen MR) is 118 cm³/mol. The minimum atomic E-state index is -4.01. The summed E-state index contributed by atoms with van der Waals surface area (Å²) in [4.78, 5) is 6.28. The molecule has 3 aromatic rings. The summed E-state index contributed by atoms with van der Waals surface area (Å²) in [5.41, 5.74) is 4.70. The lowest BCUT2D eigenvalue weighted by atomic mass is 10.0. The summed E-state index contributed by atoms with van der Waals surface area (Å²) in [6.45, 7) is 5.52. The van der Waals surface area contributed by atoms with Crippen LogP contribution in [-0.2, 0) is 16.4 Å². The van der Waals surface area contributed by atoms with Crippen LogP contribution in [0, 0.1) is 25.5 Å². The number of nitrogens with zero attached hydrogens (tertiary/aromatic N) is 3. The number of thiazole rings is 1. The number of hydrogen-bond donors (Lipinski definition) is 0. The van der Waals surface area contributed by atoms with Crippen molar-refractivity contribution < 1.29 is 17.2 Å². The number of sulfonamides is 1. The number of aromatic nitrogens is 1. The molecule has 0 N–H and O–H groups in total. The molecule has 31 heavy (non-hydrogen) atoms. The van der Waals surface area contributed by atoms with Gasteiger partial charge in [-0.25, -0.2) is 22.2 Å². The Morgan fingerprint density at radius 3 is 2.42 bits per heavy atom. The Bertz CT molecular complexity index is 1200. The molecule has 0 saturated carbocycles. The summed E-state index contributed by atoms with van der Waals surface area (Å²) in [6.07, 6.45) is 0.746. The third-order valence-corrected chi connectivity index (χ3v) is 8.40. The second kappa shape index (κ2) is 8.64. The molecule has 1 aliphatic heterocycles. The van der Waals surface area contributed by atoms with Gasteiger partial charge in [-0.3, -0.25) is 0 Å². The Morgan fingerprint density at radius 2 is 1.74 bits per heavy atom. The molecule has 9 heteroatoms. The topological polar surface area (TPSA) is 53.5 Å². The maximum Gasteiger partial charge on any atom is 0.246 e. The zero-order valence-electron chi connectivity index (χ0n) is 17.3. The monoisotopic (exact) mass is 463 g/mol. The average molecular weight is 464 g/mol. The van der Waals surface area contributed by atoms with E-state index in [4.69, 9.17) is 4.98 Å². The average Bonchev–Trinajstić information content (AvgIpc) is 3.19. The molecular weight excluding hydrogens is 440 g/mol. The van der Waals surface area contributed by atoms with Gasteiger partial charge in [0.15, 0.2) is 5.13 Å². The zero-order valence-corrected chi connectivity index (χ0v) is 18.9. The second-order valence-corrected chi connectivity index (χ2v) is 10.4. The number of piperazine rings is 1. The minimum absolute atomic E-state index is 0.214. The molecule has 2 heterocycles. The summed E-state index contributed by atoms with van der Waals surface area (Å²) in [7, 11) is -4.01. The van der Waals surface area contributed by atoms with Crippen molar-refractivity contribution in [1.29, 1.82) is 0 Å². The van der Waals surface area contributed by atoms with Gasteiger partial charge >= 0.3 is 0 Å². The minimum Gasteiger partial charge on any atom is -0.345 e. The smallest absolute Gasteiger partial charge is 0.246 e. The number of halogens is 2. The van der Waals surface area contributed by atoms with Crippen LogP contribution >= 0.6 is 11.3 Å². The van der Waals surface area contributed by atoms with Crippen molar-refractivity contribution in [2.45, 2.75) is 25.2 Å². The van der Waals surface area contributed by atoms with Crippen LogP contribution < -0.4 is 4.90 Å². The molecule has 5 nitrogen and oxygen atoms in total. The highest BCUT2D eigenvalue weighted by Gasteiger charge is 2.31. The maximum absolute atomic E-state index is 14.0. The number of rotatable bonds is 5. The molecular formula is C22H23F2N3O2S2. The molecule has 1 fully saturated rings. The van der Waals surface area contributed by atoms with Gasteiger partial charge < -0.3 is 4.90 Å². The highest BCUT2D eigenvalue weighted by Crippen LogP contribution is 2.26. The fourth-order valence-corrected chi connectivity index (χ4v) is 5.94. The van der Waals surface area contributed by atoms with E-state index in [1.165, 1.54) is 32.3 Å². The van der Waals surface area contributed by atoms with Crippen LogP contribution in [0.4, 0.5) is 13.9 Å². The maximum atomic E-state index is 14.0. The van der Waals surface area contributed by atoms with E-state index >= 15 is 0 Å². The summed E-state index contributed by atoms with van der Waals surface area (Å²) in [5, 5.41) is 2.88. The third kappa shape index (κ3) is 4.63. The first-order valence-electron chi connectivity index (χ1n) is 9.95. The molecule has 0 radical (unpaired) electrons. The molecule has 0 spiro atoms. The van der Waals surface area contributed by atoms with Crippen LogP contribution in [0.5, 0.6) is 0 Å². The largest absolute Gasteiger partial charge is 0.345 e. The zero-order chi connectivity index (χ0) is 22.2. The van der Waals surface area contributed by atoms with Gasteiger partial charge in [0.25, 0.3) is 0 Å². The first-order chi connectivity index (χ1) is 14.7. The molecule has 1 aromatic heterocycles. The van der Waals surface area contributed by atoms with Crippen molar-refractivity contribution >= 4 is 26.5 Å². The molecule has 164 valence electrons. The Kier molecular flexibility index (Phi) is 6.09. The van der Waals surface area contributed by atoms with Crippen LogP contribution in [0.2, 0.25) is 0 Å². The van der Waals surface area contributed by atoms with Crippen LogP contribution in [0.1, 0.15) is 22.4 Å². The first kappa shape index (κ1) is 21.9. The Hall–Kier alpha value is -2.36. The van der Waals surface area contributed by atoms with Gasteiger partial charge in [-0.15, -0.1) is 11.3 Å². The SMILES string of the molecule is Cc1ccc(Cc2csc(N3CCN(S(=O)(=O)c4ccc(F)cc4F)CC3)n2)cc1C. The van der Waals surface area contributed by atoms with Crippen LogP contribution in [0.25, 0.3) is 0 Å². The van der Waals surface area contributed by atoms with E-state index in [1.54, 1.807) is 0 Å². The number of aryl methyl sites for hydroxylation is 2. The van der Waals surface area contributed by atoms with E-state index in [0.717, 1.165) is 29.4 Å². The predicted octanol–water partition coefficient (Wildman–Crippen LogP) is 4.14. The summed E-state index contributed by atoms with van der Waals surface area (Å²) < 4.78 is 53.9. The van der Waals surface area contributed by atoms with E-state index < -0.39 is 26.6 Å². The molecule has 1 aliphatic rings. The lowest BCUT2D eigenvalue weighted by Crippen LogP contribution is -2.48. The van der Waals surface area contributed by atoms with Crippen LogP contribution in [0.15, 0.2) is 46.7 Å². The van der Waals surface area contributed by atoms with Gasteiger partial charge in [-0.1, -0.05) is 18.2 Å². The van der Waals surface area contributed by atoms with E-state index in [1.807, 2.05) is 10.3 Å². The van der Waals surface area contributed by atoms with E-state index in [0.29, 0.717) is 19.2 Å². The quantitative estimate of drug-likeness (QED) is 0.571. The van der Waals surface area contributed by atoms with Crippen molar-refractivity contribution in [2.24, 2.45) is 0 Å². The molecule has 1 saturated heterocycles. The molecule has 0 unspecified atom stereocenters. The first-order valence-corrected chi connectivity index (χ1v) is 12.3. The fraction of sp³-hybridized carbons (Fsp3) is 0.318. The van der Waals surface area contributed by atoms with Crippen LogP contribution in [-0.4, -0.2) is 43.9 Å². The highest BCUT2D eigenvalue weighted by atomic mass is 32.2. The standard InChI is InChI=1S/C22H23F2N3O2S2/c1-15-3-4-17(11-16(15)2)12-19-14-30-22(25-19)26-7-9-27(10-8-26)31(28,29)21-6-5-18(23)13-20(21)24/h3-6,11,13-14H,7-10,12H2,1-2H3. The van der Waals surface area contributed by atoms with Gasteiger partial charge in [-0.2, -0.15) is 4.31 Å². The summed E-state index contributed by atoms with van der Waals surface area (Å²) in [6, 6.07) is 8.93. The van der Waals surface area contributed by atoms with Crippen molar-refractivity contribution in [3.8, 4) is 0 Å². The fourth-order valence-electron chi connectivity index (χ4n) is 3.59. The molecule has 4 rings (SSSR count). The Labute approximate surface area is 185 Å². The normalized spacial score (nSPS) is 15.4. The molecule has 2 aromatic carbocycles. The molecule has 0 bridgehead atoms. The number of benzene rings is 2. The number of hydrogen-bond acceptors (Lipinski definition) is 5. The van der Waals surface area contributed by atoms with Gasteiger partial charge in [0, 0.05) is 44.0 Å². The highest BCUT2D eigenvalue weighted by molar-refractivity contribution is 7.89. The third-order valence-electron chi connectivity index (χ3n) is 5.52. The van der Waals surface area contributed by atoms with Crippen molar-refractivity contribution in [3.05, 3.63) is 75.8 Å². The lowest BCUT2D eigenvalue weighted by Gasteiger charge is -2.33. The van der Waals surface area contributed by atoms with Gasteiger partial charge in [0.05, 0.1) is 5.69 Å². The van der Waals surface area contributed by atoms with Crippen molar-refractivity contribution in [3.63, 3.8) is 0 Å². The molecule has 0 aliphatic carbocycles. The van der Waals surface area contributed by atoms with Gasteiger partial charge in [-0.05, 0) is 42.7 Å². The molecule has 0 amide bonds. The Morgan fingerprint density at radius 1 is 1.00 bits per heavy atom. The van der Waals surface area contributed by atoms with Crippen molar-refractivity contribution in [2.75, 3.05) is 31.1 Å². The van der Waals surface area contributed by atoms with Crippen LogP contribution in [0.3, 0.4) is 0 Å². The van der Waals surface area contributed by atoms with Crippen molar-refractivity contribution in [1.82, 2.24) is 9.29 Å². The van der Waals surface area contributed by atoms with Gasteiger partial charge in [0.2, 0.25) is 10.0 Å². The summed E-state index contributed by atoms with van der Waals surface area (Å²) >= 11 is 1.54. The Balaban J connectivity index is 1.41. The number of anilines is 1. The van der Waals surface area contributed by atoms with E-state index in [9.17, 15) is 17.2 Å².